The molecular weight excluding hydrogens is 703 g/mol. The van der Waals surface area contributed by atoms with E-state index in [1.807, 2.05) is 0 Å². The molecule has 0 radical (unpaired) electrons. The lowest BCUT2D eigenvalue weighted by atomic mass is 10.1. The van der Waals surface area contributed by atoms with Gasteiger partial charge in [0.2, 0.25) is 0 Å². The zero-order valence-electron chi connectivity index (χ0n) is 21.6. The molecule has 43 heavy (non-hydrogen) atoms. The van der Waals surface area contributed by atoms with Crippen LogP contribution in [-0.4, -0.2) is 58.3 Å². The summed E-state index contributed by atoms with van der Waals surface area (Å²) in [5.74, 6) is -4.63. The number of hydrogen-bond acceptors (Lipinski definition) is 9. The lowest BCUT2D eigenvalue weighted by Crippen LogP contribution is -2.08. The van der Waals surface area contributed by atoms with E-state index in [4.69, 9.17) is 84.2 Å². The third-order valence-corrected chi connectivity index (χ3v) is 7.24. The van der Waals surface area contributed by atoms with Crippen molar-refractivity contribution in [1.82, 2.24) is 19.9 Å². The van der Waals surface area contributed by atoms with Gasteiger partial charge in [0, 0.05) is 0 Å². The first kappa shape index (κ1) is 34.2. The fourth-order valence-electron chi connectivity index (χ4n) is 3.24. The van der Waals surface area contributed by atoms with E-state index in [0.717, 1.165) is 7.11 Å². The van der Waals surface area contributed by atoms with Crippen molar-refractivity contribution in [2.45, 2.75) is 0 Å². The van der Waals surface area contributed by atoms with E-state index >= 15 is 0 Å². The highest BCUT2D eigenvalue weighted by Gasteiger charge is 2.24. The topological polar surface area (TPSA) is 134 Å². The monoisotopic (exact) mass is 714 g/mol. The number of hydrogen-bond donors (Lipinski definition) is 1. The van der Waals surface area contributed by atoms with E-state index < -0.39 is 29.3 Å². The number of carboxylic acid groups (broad SMARTS) is 1. The predicted octanol–water partition coefficient (Wildman–Crippen LogP) is 7.99. The molecule has 0 saturated carbocycles. The summed E-state index contributed by atoms with van der Waals surface area (Å²) in [6.07, 6.45) is 0. The Kier molecular flexibility index (Phi) is 11.5. The minimum atomic E-state index is -1.41. The zero-order valence-corrected chi connectivity index (χ0v) is 26.1. The first-order valence-electron chi connectivity index (χ1n) is 11.1. The van der Waals surface area contributed by atoms with Crippen LogP contribution in [0.3, 0.4) is 0 Å². The van der Waals surface area contributed by atoms with E-state index in [-0.39, 0.29) is 70.4 Å². The number of rotatable bonds is 6. The van der Waals surface area contributed by atoms with Crippen LogP contribution in [-0.2, 0) is 4.74 Å². The van der Waals surface area contributed by atoms with E-state index in [2.05, 4.69) is 24.7 Å². The number of esters is 1. The molecule has 0 spiro atoms. The number of aromatic nitrogens is 4. The molecule has 2 aromatic carbocycles. The minimum Gasteiger partial charge on any atom is -0.492 e. The van der Waals surface area contributed by atoms with Crippen LogP contribution in [0.5, 0.6) is 11.5 Å². The maximum Gasteiger partial charge on any atom is 0.358 e. The Balaban J connectivity index is 0.000000236. The standard InChI is InChI=1S/C13H8Cl3FN2O3.C12H6Cl3FN2O3/c1-21-10-6(14)4-3-5(8(10)17)12-18-9(13(20)22-2)7(15)11(16)19-12;1-21-9-5(13)3-2-4(7(9)16)11-17-8(12(19)20)6(14)10(15)18-11/h3-4H,1-2H3;2-3H,1H3,(H,19,20). The van der Waals surface area contributed by atoms with Crippen LogP contribution in [0.2, 0.25) is 30.4 Å². The summed E-state index contributed by atoms with van der Waals surface area (Å²) in [6.45, 7) is 0. The van der Waals surface area contributed by atoms with Gasteiger partial charge in [0.25, 0.3) is 0 Å². The summed E-state index contributed by atoms with van der Waals surface area (Å²) in [4.78, 5) is 37.9. The molecule has 2 aromatic heterocycles. The molecule has 0 aliphatic carbocycles. The van der Waals surface area contributed by atoms with Crippen molar-refractivity contribution < 1.29 is 37.7 Å². The second kappa shape index (κ2) is 14.5. The molecule has 0 amide bonds. The van der Waals surface area contributed by atoms with E-state index in [0.29, 0.717) is 0 Å². The summed E-state index contributed by atoms with van der Waals surface area (Å²) < 4.78 is 42.9. The highest BCUT2D eigenvalue weighted by molar-refractivity contribution is 6.43. The number of aromatic carboxylic acids is 1. The maximum absolute atomic E-state index is 14.4. The van der Waals surface area contributed by atoms with Crippen molar-refractivity contribution >= 4 is 81.5 Å². The molecule has 226 valence electrons. The number of carboxylic acids is 1. The number of nitrogens with zero attached hydrogens (tertiary/aromatic N) is 4. The average molecular weight is 717 g/mol. The summed E-state index contributed by atoms with van der Waals surface area (Å²) in [7, 11) is 3.66. The normalized spacial score (nSPS) is 10.5. The van der Waals surface area contributed by atoms with Crippen molar-refractivity contribution in [3.05, 3.63) is 77.7 Å². The molecule has 10 nitrogen and oxygen atoms in total. The van der Waals surface area contributed by atoms with Crippen molar-refractivity contribution in [3.8, 4) is 34.3 Å². The molecule has 18 heteroatoms. The Morgan fingerprint density at radius 1 is 0.674 bits per heavy atom. The van der Waals surface area contributed by atoms with Gasteiger partial charge in [0.15, 0.2) is 56.5 Å². The fourth-order valence-corrected chi connectivity index (χ4v) is 4.35. The molecule has 0 aliphatic heterocycles. The van der Waals surface area contributed by atoms with Crippen molar-refractivity contribution in [2.75, 3.05) is 21.3 Å². The number of halogens is 8. The Hall–Kier alpha value is -3.26. The Labute approximate surface area is 271 Å². The van der Waals surface area contributed by atoms with Gasteiger partial charge in [-0.1, -0.05) is 69.6 Å². The molecule has 4 aromatic rings. The highest BCUT2D eigenvalue weighted by atomic mass is 35.5. The van der Waals surface area contributed by atoms with Gasteiger partial charge < -0.3 is 19.3 Å². The predicted molar refractivity (Wildman–Crippen MR) is 156 cm³/mol. The molecular formula is C25H14Cl6F2N4O6. The molecule has 0 unspecified atom stereocenters. The molecule has 0 bridgehead atoms. The molecule has 0 fully saturated rings. The van der Waals surface area contributed by atoms with Crippen molar-refractivity contribution in [1.29, 1.82) is 0 Å². The lowest BCUT2D eigenvalue weighted by Gasteiger charge is -2.10. The summed E-state index contributed by atoms with van der Waals surface area (Å²) in [5, 5.41) is 8.12. The van der Waals surface area contributed by atoms with E-state index in [1.165, 1.54) is 38.5 Å². The molecule has 0 saturated heterocycles. The lowest BCUT2D eigenvalue weighted by molar-refractivity contribution is 0.0593. The van der Waals surface area contributed by atoms with Gasteiger partial charge in [-0.3, -0.25) is 0 Å². The minimum absolute atomic E-state index is 0.0510. The van der Waals surface area contributed by atoms with Gasteiger partial charge in [-0.05, 0) is 24.3 Å². The smallest absolute Gasteiger partial charge is 0.358 e. The molecule has 0 aliphatic rings. The first-order valence-corrected chi connectivity index (χ1v) is 13.4. The van der Waals surface area contributed by atoms with Crippen molar-refractivity contribution in [2.24, 2.45) is 0 Å². The number of carbonyl (C=O) groups excluding carboxylic acids is 1. The van der Waals surface area contributed by atoms with E-state index in [1.54, 1.807) is 0 Å². The largest absolute Gasteiger partial charge is 0.492 e. The van der Waals surface area contributed by atoms with Gasteiger partial charge in [-0.25, -0.2) is 38.3 Å². The molecule has 4 rings (SSSR count). The van der Waals surface area contributed by atoms with Gasteiger partial charge in [0.05, 0.1) is 42.5 Å². The third kappa shape index (κ3) is 7.28. The fraction of sp³-hybridized carbons (Fsp3) is 0.120. The Morgan fingerprint density at radius 2 is 1.07 bits per heavy atom. The Morgan fingerprint density at radius 3 is 1.44 bits per heavy atom. The highest BCUT2D eigenvalue weighted by Crippen LogP contribution is 2.36. The summed E-state index contributed by atoms with van der Waals surface area (Å²) in [5.41, 5.74) is -0.963. The van der Waals surface area contributed by atoms with Crippen LogP contribution in [0.25, 0.3) is 22.8 Å². The molecule has 0 atom stereocenters. The summed E-state index contributed by atoms with van der Waals surface area (Å²) in [6, 6.07) is 5.39. The average Bonchev–Trinajstić information content (AvgIpc) is 2.96. The number of benzene rings is 2. The zero-order chi connectivity index (χ0) is 32.2. The number of methoxy groups -OCH3 is 3. The SMILES string of the molecule is COC(=O)c1nc(-c2ccc(Cl)c(OC)c2F)nc(Cl)c1Cl.COc1c(Cl)ccc(-c2nc(Cl)c(Cl)c(C(=O)O)n2)c1F. The first-order chi connectivity index (χ1) is 20.3. The third-order valence-electron chi connectivity index (χ3n) is 5.19. The molecule has 1 N–H and O–H groups in total. The van der Waals surface area contributed by atoms with Gasteiger partial charge in [-0.2, -0.15) is 0 Å². The van der Waals surface area contributed by atoms with Crippen molar-refractivity contribution in [3.63, 3.8) is 0 Å². The quantitative estimate of drug-likeness (QED) is 0.155. The van der Waals surface area contributed by atoms with Crippen LogP contribution in [0.15, 0.2) is 24.3 Å². The van der Waals surface area contributed by atoms with E-state index in [9.17, 15) is 18.4 Å². The molecule has 2 heterocycles. The van der Waals surface area contributed by atoms with Gasteiger partial charge in [-0.15, -0.1) is 0 Å². The van der Waals surface area contributed by atoms with Crippen LogP contribution < -0.4 is 9.47 Å². The van der Waals surface area contributed by atoms with Crippen LogP contribution in [0, 0.1) is 11.6 Å². The van der Waals surface area contributed by atoms with Crippen LogP contribution >= 0.6 is 69.6 Å². The van der Waals surface area contributed by atoms with Crippen LogP contribution in [0.1, 0.15) is 21.0 Å². The number of ether oxygens (including phenoxy) is 3. The van der Waals surface area contributed by atoms with Crippen LogP contribution in [0.4, 0.5) is 8.78 Å². The second-order valence-corrected chi connectivity index (χ2v) is 9.97. The maximum atomic E-state index is 14.4. The number of carbonyl (C=O) groups is 2. The second-order valence-electron chi connectivity index (χ2n) is 7.68. The Bertz CT molecular complexity index is 1750. The van der Waals surface area contributed by atoms with Gasteiger partial charge in [0.1, 0.15) is 10.0 Å². The van der Waals surface area contributed by atoms with Gasteiger partial charge >= 0.3 is 11.9 Å². The summed E-state index contributed by atoms with van der Waals surface area (Å²) >= 11 is 34.7.